The SMILES string of the molecule is CCC(CC)(CNC1CC1)Cc1ccc(F)cc1. The number of benzene rings is 1. The number of hydrogen-bond donors (Lipinski definition) is 1. The highest BCUT2D eigenvalue weighted by Gasteiger charge is 2.29. The minimum atomic E-state index is -0.145. The molecule has 0 aromatic heterocycles. The molecule has 2 rings (SSSR count). The molecule has 0 radical (unpaired) electrons. The summed E-state index contributed by atoms with van der Waals surface area (Å²) in [5.74, 6) is -0.145. The van der Waals surface area contributed by atoms with E-state index in [1.807, 2.05) is 12.1 Å². The second-order valence-electron chi connectivity index (χ2n) is 5.67. The van der Waals surface area contributed by atoms with Gasteiger partial charge in [0, 0.05) is 12.6 Å². The van der Waals surface area contributed by atoms with E-state index in [1.165, 1.54) is 31.2 Å². The van der Waals surface area contributed by atoms with E-state index in [9.17, 15) is 4.39 Å². The van der Waals surface area contributed by atoms with Crippen LogP contribution in [0.5, 0.6) is 0 Å². The molecule has 0 heterocycles. The van der Waals surface area contributed by atoms with Crippen LogP contribution in [0.15, 0.2) is 24.3 Å². The Kier molecular flexibility index (Phi) is 4.39. The van der Waals surface area contributed by atoms with E-state index in [4.69, 9.17) is 0 Å². The van der Waals surface area contributed by atoms with E-state index < -0.39 is 0 Å². The Bertz CT molecular complexity index is 363. The average molecular weight is 249 g/mol. The maximum Gasteiger partial charge on any atom is 0.123 e. The normalized spacial score (nSPS) is 15.9. The fourth-order valence-electron chi connectivity index (χ4n) is 2.50. The highest BCUT2D eigenvalue weighted by atomic mass is 19.1. The Morgan fingerprint density at radius 1 is 1.17 bits per heavy atom. The van der Waals surface area contributed by atoms with Gasteiger partial charge in [0.25, 0.3) is 0 Å². The molecule has 1 nitrogen and oxygen atoms in total. The van der Waals surface area contributed by atoms with Crippen molar-refractivity contribution in [3.63, 3.8) is 0 Å². The van der Waals surface area contributed by atoms with Crippen molar-refractivity contribution in [3.8, 4) is 0 Å². The Hall–Kier alpha value is -0.890. The molecule has 100 valence electrons. The van der Waals surface area contributed by atoms with Crippen molar-refractivity contribution in [1.29, 1.82) is 0 Å². The molecular formula is C16H24FN. The van der Waals surface area contributed by atoms with E-state index >= 15 is 0 Å². The van der Waals surface area contributed by atoms with Crippen molar-refractivity contribution in [2.45, 2.75) is 52.0 Å². The lowest BCUT2D eigenvalue weighted by atomic mass is 9.77. The maximum absolute atomic E-state index is 12.9. The van der Waals surface area contributed by atoms with Crippen LogP contribution in [0.1, 0.15) is 45.1 Å². The third kappa shape index (κ3) is 3.55. The quantitative estimate of drug-likeness (QED) is 0.772. The van der Waals surface area contributed by atoms with Crippen LogP contribution in [0, 0.1) is 11.2 Å². The molecule has 1 aromatic carbocycles. The van der Waals surface area contributed by atoms with Crippen molar-refractivity contribution in [3.05, 3.63) is 35.6 Å². The summed E-state index contributed by atoms with van der Waals surface area (Å²) < 4.78 is 12.9. The van der Waals surface area contributed by atoms with Crippen LogP contribution in [0.2, 0.25) is 0 Å². The highest BCUT2D eigenvalue weighted by molar-refractivity contribution is 5.18. The standard InChI is InChI=1S/C16H24FN/c1-3-16(4-2,12-18-15-9-10-15)11-13-5-7-14(17)8-6-13/h5-8,15,18H,3-4,9-12H2,1-2H3. The zero-order chi connectivity index (χ0) is 13.0. The molecule has 1 fully saturated rings. The molecule has 0 atom stereocenters. The van der Waals surface area contributed by atoms with Crippen LogP contribution in [0.25, 0.3) is 0 Å². The van der Waals surface area contributed by atoms with E-state index in [0.29, 0.717) is 5.41 Å². The fourth-order valence-corrected chi connectivity index (χ4v) is 2.50. The molecular weight excluding hydrogens is 225 g/mol. The van der Waals surface area contributed by atoms with E-state index in [1.54, 1.807) is 12.1 Å². The summed E-state index contributed by atoms with van der Waals surface area (Å²) in [6.07, 6.45) is 6.04. The minimum absolute atomic E-state index is 0.145. The molecule has 2 heteroatoms. The van der Waals surface area contributed by atoms with Gasteiger partial charge in [0.05, 0.1) is 0 Å². The number of nitrogens with one attached hydrogen (secondary N) is 1. The first-order chi connectivity index (χ1) is 8.67. The van der Waals surface area contributed by atoms with Crippen LogP contribution < -0.4 is 5.32 Å². The predicted octanol–water partition coefficient (Wildman–Crippen LogP) is 3.93. The maximum atomic E-state index is 12.9. The van der Waals surface area contributed by atoms with Crippen molar-refractivity contribution < 1.29 is 4.39 Å². The summed E-state index contributed by atoms with van der Waals surface area (Å²) in [5, 5.41) is 3.66. The molecule has 0 saturated heterocycles. The molecule has 0 bridgehead atoms. The molecule has 1 aliphatic rings. The molecule has 18 heavy (non-hydrogen) atoms. The summed E-state index contributed by atoms with van der Waals surface area (Å²) >= 11 is 0. The zero-order valence-electron chi connectivity index (χ0n) is 11.5. The van der Waals surface area contributed by atoms with Crippen molar-refractivity contribution in [1.82, 2.24) is 5.32 Å². The lowest BCUT2D eigenvalue weighted by Gasteiger charge is -2.32. The predicted molar refractivity (Wildman–Crippen MR) is 74.1 cm³/mol. The number of rotatable bonds is 7. The first-order valence-corrected chi connectivity index (χ1v) is 7.15. The van der Waals surface area contributed by atoms with Gasteiger partial charge in [-0.25, -0.2) is 4.39 Å². The van der Waals surface area contributed by atoms with Crippen LogP contribution in [0.3, 0.4) is 0 Å². The number of halogens is 1. The Morgan fingerprint density at radius 2 is 1.78 bits per heavy atom. The van der Waals surface area contributed by atoms with Gasteiger partial charge < -0.3 is 5.32 Å². The van der Waals surface area contributed by atoms with Crippen LogP contribution in [0.4, 0.5) is 4.39 Å². The summed E-state index contributed by atoms with van der Waals surface area (Å²) in [7, 11) is 0. The fraction of sp³-hybridized carbons (Fsp3) is 0.625. The average Bonchev–Trinajstić information content (AvgIpc) is 3.21. The van der Waals surface area contributed by atoms with Gasteiger partial charge >= 0.3 is 0 Å². The first kappa shape index (κ1) is 13.5. The first-order valence-electron chi connectivity index (χ1n) is 7.15. The second kappa shape index (κ2) is 5.83. The van der Waals surface area contributed by atoms with Gasteiger partial charge in [-0.15, -0.1) is 0 Å². The van der Waals surface area contributed by atoms with E-state index in [0.717, 1.165) is 19.0 Å². The monoisotopic (exact) mass is 249 g/mol. The second-order valence-corrected chi connectivity index (χ2v) is 5.67. The van der Waals surface area contributed by atoms with E-state index in [2.05, 4.69) is 19.2 Å². The number of hydrogen-bond acceptors (Lipinski definition) is 1. The molecule has 1 saturated carbocycles. The van der Waals surface area contributed by atoms with Gasteiger partial charge in [0.2, 0.25) is 0 Å². The Morgan fingerprint density at radius 3 is 2.28 bits per heavy atom. The lowest BCUT2D eigenvalue weighted by Crippen LogP contribution is -2.36. The largest absolute Gasteiger partial charge is 0.313 e. The molecule has 0 spiro atoms. The Labute approximate surface area is 110 Å². The van der Waals surface area contributed by atoms with Gasteiger partial charge in [-0.3, -0.25) is 0 Å². The van der Waals surface area contributed by atoms with Crippen molar-refractivity contribution in [2.24, 2.45) is 5.41 Å². The van der Waals surface area contributed by atoms with Crippen LogP contribution in [-0.4, -0.2) is 12.6 Å². The summed E-state index contributed by atoms with van der Waals surface area (Å²) in [6, 6.07) is 7.74. The minimum Gasteiger partial charge on any atom is -0.313 e. The molecule has 1 aliphatic carbocycles. The smallest absolute Gasteiger partial charge is 0.123 e. The van der Waals surface area contributed by atoms with Gasteiger partial charge in [-0.05, 0) is 55.2 Å². The molecule has 0 unspecified atom stereocenters. The summed E-state index contributed by atoms with van der Waals surface area (Å²) in [6.45, 7) is 5.62. The lowest BCUT2D eigenvalue weighted by molar-refractivity contribution is 0.245. The zero-order valence-corrected chi connectivity index (χ0v) is 11.5. The highest BCUT2D eigenvalue weighted by Crippen LogP contribution is 2.32. The van der Waals surface area contributed by atoms with Gasteiger partial charge in [0.1, 0.15) is 5.82 Å². The molecule has 1 aromatic rings. The van der Waals surface area contributed by atoms with Crippen LogP contribution >= 0.6 is 0 Å². The molecule has 0 aliphatic heterocycles. The molecule has 0 amide bonds. The van der Waals surface area contributed by atoms with Gasteiger partial charge in [-0.2, -0.15) is 0 Å². The third-order valence-corrected chi connectivity index (χ3v) is 4.34. The van der Waals surface area contributed by atoms with Gasteiger partial charge in [0.15, 0.2) is 0 Å². The molecule has 1 N–H and O–H groups in total. The van der Waals surface area contributed by atoms with Gasteiger partial charge in [-0.1, -0.05) is 26.0 Å². The van der Waals surface area contributed by atoms with Crippen molar-refractivity contribution in [2.75, 3.05) is 6.54 Å². The summed E-state index contributed by atoms with van der Waals surface area (Å²) in [5.41, 5.74) is 1.57. The topological polar surface area (TPSA) is 12.0 Å². The summed E-state index contributed by atoms with van der Waals surface area (Å²) in [4.78, 5) is 0. The van der Waals surface area contributed by atoms with Crippen LogP contribution in [-0.2, 0) is 6.42 Å². The Balaban J connectivity index is 2.00. The van der Waals surface area contributed by atoms with E-state index in [-0.39, 0.29) is 5.82 Å². The third-order valence-electron chi connectivity index (χ3n) is 4.34. The van der Waals surface area contributed by atoms with Crippen molar-refractivity contribution >= 4 is 0 Å².